The number of esters is 2. The highest BCUT2D eigenvalue weighted by Gasteiger charge is 2.25. The first-order valence-corrected chi connectivity index (χ1v) is 21.4. The van der Waals surface area contributed by atoms with Crippen molar-refractivity contribution >= 4 is 17.9 Å². The van der Waals surface area contributed by atoms with Gasteiger partial charge in [-0.15, -0.1) is 0 Å². The summed E-state index contributed by atoms with van der Waals surface area (Å²) < 4.78 is 17.1. The van der Waals surface area contributed by atoms with Crippen LogP contribution >= 0.6 is 0 Å². The number of hydrogen-bond donors (Lipinski definition) is 0. The maximum Gasteiger partial charge on any atom is 0.306 e. The number of allylic oxidation sites excluding steroid dienone is 4. The van der Waals surface area contributed by atoms with E-state index in [9.17, 15) is 19.5 Å². The molecule has 8 heteroatoms. The molecule has 2 atom stereocenters. The second-order valence-electron chi connectivity index (χ2n) is 15.6. The fourth-order valence-corrected chi connectivity index (χ4v) is 6.22. The number of nitrogens with zero attached hydrogens (tertiary/aromatic N) is 1. The van der Waals surface area contributed by atoms with Gasteiger partial charge in [0.15, 0.2) is 6.10 Å². The van der Waals surface area contributed by atoms with Gasteiger partial charge in [0.25, 0.3) is 0 Å². The fourth-order valence-electron chi connectivity index (χ4n) is 6.22. The average molecular weight is 736 g/mol. The molecule has 8 nitrogen and oxygen atoms in total. The van der Waals surface area contributed by atoms with Crippen LogP contribution in [0.25, 0.3) is 0 Å². The molecule has 0 bridgehead atoms. The van der Waals surface area contributed by atoms with E-state index < -0.39 is 18.1 Å². The predicted octanol–water partition coefficient (Wildman–Crippen LogP) is 9.97. The first-order valence-electron chi connectivity index (χ1n) is 21.4. The Kier molecular flexibility index (Phi) is 34.3. The van der Waals surface area contributed by atoms with Crippen molar-refractivity contribution in [2.45, 2.75) is 199 Å². The first-order chi connectivity index (χ1) is 25.1. The molecular weight excluding hydrogens is 654 g/mol. The second kappa shape index (κ2) is 35.8. The van der Waals surface area contributed by atoms with Gasteiger partial charge >= 0.3 is 11.9 Å². The number of ether oxygens (including phenoxy) is 3. The van der Waals surface area contributed by atoms with E-state index in [4.69, 9.17) is 14.2 Å². The Labute approximate surface area is 320 Å². The SMILES string of the molecule is CCCCC/C=C/C/C=C/CCCCCCCCCC(=O)OC(COCCC(C(=O)[O-])[N+](C)(C)C)COC(=O)CCCCCCCCCCCCC. The maximum atomic E-state index is 12.7. The van der Waals surface area contributed by atoms with Crippen LogP contribution in [-0.2, 0) is 28.6 Å². The molecular formula is C44H81NO7. The Bertz CT molecular complexity index is 911. The van der Waals surface area contributed by atoms with Crippen LogP contribution in [0, 0.1) is 0 Å². The largest absolute Gasteiger partial charge is 0.544 e. The molecule has 0 aliphatic rings. The first kappa shape index (κ1) is 49.8. The molecule has 0 amide bonds. The summed E-state index contributed by atoms with van der Waals surface area (Å²) in [5.41, 5.74) is 0. The van der Waals surface area contributed by atoms with E-state index in [0.717, 1.165) is 51.4 Å². The lowest BCUT2D eigenvalue weighted by atomic mass is 10.1. The summed E-state index contributed by atoms with van der Waals surface area (Å²) in [7, 11) is 5.40. The number of hydrogen-bond acceptors (Lipinski definition) is 7. The molecule has 0 aromatic rings. The van der Waals surface area contributed by atoms with E-state index in [1.165, 1.54) is 103 Å². The van der Waals surface area contributed by atoms with Crippen molar-refractivity contribution in [3.63, 3.8) is 0 Å². The summed E-state index contributed by atoms with van der Waals surface area (Å²) in [6.45, 7) is 4.63. The fraction of sp³-hybridized carbons (Fsp3) is 0.841. The maximum absolute atomic E-state index is 12.7. The molecule has 0 heterocycles. The zero-order valence-corrected chi connectivity index (χ0v) is 34.5. The molecule has 0 rings (SSSR count). The van der Waals surface area contributed by atoms with E-state index in [1.54, 1.807) is 21.1 Å². The zero-order valence-electron chi connectivity index (χ0n) is 34.5. The molecule has 0 saturated heterocycles. The standard InChI is InChI=1S/C44H81NO7/c1-6-8-10-12-14-16-18-19-20-21-22-23-25-27-29-31-33-35-43(47)52-40(38-50-37-36-41(44(48)49)45(3,4)5)39-51-42(46)34-32-30-28-26-24-17-15-13-11-9-7-2/h14,16,19-20,40-41H,6-13,15,17-18,21-39H2,1-5H3/b16-14+,20-19+. The molecule has 0 fully saturated rings. The quantitative estimate of drug-likeness (QED) is 0.0269. The predicted molar refractivity (Wildman–Crippen MR) is 213 cm³/mol. The van der Waals surface area contributed by atoms with Crippen molar-refractivity contribution in [3.05, 3.63) is 24.3 Å². The lowest BCUT2D eigenvalue weighted by molar-refractivity contribution is -0.889. The Morgan fingerprint density at radius 1 is 0.577 bits per heavy atom. The molecule has 304 valence electrons. The van der Waals surface area contributed by atoms with Crippen LogP contribution in [-0.4, -0.2) is 75.5 Å². The van der Waals surface area contributed by atoms with Gasteiger partial charge in [0, 0.05) is 19.3 Å². The highest BCUT2D eigenvalue weighted by molar-refractivity contribution is 5.70. The van der Waals surface area contributed by atoms with Gasteiger partial charge in [-0.05, 0) is 44.9 Å². The Hall–Kier alpha value is -2.19. The van der Waals surface area contributed by atoms with Gasteiger partial charge in [-0.1, -0.05) is 147 Å². The number of carboxylic acid groups (broad SMARTS) is 1. The summed E-state index contributed by atoms with van der Waals surface area (Å²) in [4.78, 5) is 36.7. The van der Waals surface area contributed by atoms with Crippen LogP contribution in [0.3, 0.4) is 0 Å². The summed E-state index contributed by atoms with van der Waals surface area (Å²) >= 11 is 0. The molecule has 0 aliphatic carbocycles. The summed E-state index contributed by atoms with van der Waals surface area (Å²) in [5.74, 6) is -1.74. The highest BCUT2D eigenvalue weighted by Crippen LogP contribution is 2.14. The lowest BCUT2D eigenvalue weighted by Crippen LogP contribution is -2.55. The monoisotopic (exact) mass is 736 g/mol. The highest BCUT2D eigenvalue weighted by atomic mass is 16.6. The van der Waals surface area contributed by atoms with E-state index in [-0.39, 0.29) is 42.7 Å². The number of quaternary nitrogens is 1. The zero-order chi connectivity index (χ0) is 38.5. The second-order valence-corrected chi connectivity index (χ2v) is 15.6. The number of rotatable bonds is 38. The molecule has 0 aromatic carbocycles. The van der Waals surface area contributed by atoms with Crippen LogP contribution in [0.5, 0.6) is 0 Å². The Morgan fingerprint density at radius 3 is 1.52 bits per heavy atom. The van der Waals surface area contributed by atoms with Gasteiger partial charge in [-0.2, -0.15) is 0 Å². The van der Waals surface area contributed by atoms with E-state index in [1.807, 2.05) is 0 Å². The van der Waals surface area contributed by atoms with Crippen molar-refractivity contribution in [1.29, 1.82) is 0 Å². The van der Waals surface area contributed by atoms with Gasteiger partial charge in [0.1, 0.15) is 12.6 Å². The summed E-state index contributed by atoms with van der Waals surface area (Å²) in [6, 6.07) is -0.723. The van der Waals surface area contributed by atoms with Gasteiger partial charge < -0.3 is 28.6 Å². The molecule has 0 spiro atoms. The summed E-state index contributed by atoms with van der Waals surface area (Å²) in [6.07, 6.45) is 37.6. The Morgan fingerprint density at radius 2 is 1.02 bits per heavy atom. The normalized spacial score (nSPS) is 13.2. The van der Waals surface area contributed by atoms with Crippen LogP contribution in [0.15, 0.2) is 24.3 Å². The molecule has 0 radical (unpaired) electrons. The minimum absolute atomic E-state index is 0.0410. The number of aliphatic carboxylic acids is 1. The minimum atomic E-state index is -1.13. The molecule has 0 aliphatic heterocycles. The molecule has 52 heavy (non-hydrogen) atoms. The third-order valence-electron chi connectivity index (χ3n) is 9.59. The van der Waals surface area contributed by atoms with Gasteiger partial charge in [0.2, 0.25) is 0 Å². The smallest absolute Gasteiger partial charge is 0.306 e. The van der Waals surface area contributed by atoms with Crippen molar-refractivity contribution < 1.29 is 38.2 Å². The summed E-state index contributed by atoms with van der Waals surface area (Å²) in [5, 5.41) is 11.6. The van der Waals surface area contributed by atoms with Crippen molar-refractivity contribution in [2.24, 2.45) is 0 Å². The Balaban J connectivity index is 4.35. The van der Waals surface area contributed by atoms with Crippen LogP contribution in [0.4, 0.5) is 0 Å². The topological polar surface area (TPSA) is 102 Å². The average Bonchev–Trinajstić information content (AvgIpc) is 3.09. The lowest BCUT2D eigenvalue weighted by Gasteiger charge is -2.34. The van der Waals surface area contributed by atoms with Crippen LogP contribution < -0.4 is 5.11 Å². The number of unbranched alkanes of at least 4 members (excludes halogenated alkanes) is 20. The van der Waals surface area contributed by atoms with Crippen molar-refractivity contribution in [1.82, 2.24) is 0 Å². The van der Waals surface area contributed by atoms with E-state index >= 15 is 0 Å². The number of likely N-dealkylation sites (N-methyl/N-ethyl adjacent to an activating group) is 1. The van der Waals surface area contributed by atoms with E-state index in [0.29, 0.717) is 12.8 Å². The molecule has 0 saturated carbocycles. The third-order valence-corrected chi connectivity index (χ3v) is 9.59. The molecule has 0 N–H and O–H groups in total. The van der Waals surface area contributed by atoms with Gasteiger partial charge in [-0.3, -0.25) is 9.59 Å². The number of carbonyl (C=O) groups is 3. The molecule has 0 aromatic heterocycles. The minimum Gasteiger partial charge on any atom is -0.544 e. The van der Waals surface area contributed by atoms with E-state index in [2.05, 4.69) is 38.2 Å². The van der Waals surface area contributed by atoms with Crippen LogP contribution in [0.2, 0.25) is 0 Å². The molecule has 2 unspecified atom stereocenters. The number of carbonyl (C=O) groups excluding carboxylic acids is 3. The third kappa shape index (κ3) is 33.6. The van der Waals surface area contributed by atoms with Crippen molar-refractivity contribution in [2.75, 3.05) is 41.0 Å². The van der Waals surface area contributed by atoms with Gasteiger partial charge in [0.05, 0.1) is 40.3 Å². The van der Waals surface area contributed by atoms with Crippen LogP contribution in [0.1, 0.15) is 187 Å². The van der Waals surface area contributed by atoms with Gasteiger partial charge in [-0.25, -0.2) is 0 Å². The number of carboxylic acids is 1. The van der Waals surface area contributed by atoms with Crippen molar-refractivity contribution in [3.8, 4) is 0 Å².